The van der Waals surface area contributed by atoms with Crippen LogP contribution in [0.4, 0.5) is 0 Å². The van der Waals surface area contributed by atoms with Gasteiger partial charge in [0.05, 0.1) is 5.41 Å². The van der Waals surface area contributed by atoms with Crippen molar-refractivity contribution in [1.82, 2.24) is 10.2 Å². The molecule has 19 heavy (non-hydrogen) atoms. The smallest absolute Gasteiger partial charge is 0.229 e. The van der Waals surface area contributed by atoms with Gasteiger partial charge in [-0.15, -0.1) is 12.4 Å². The Morgan fingerprint density at radius 2 is 1.79 bits per heavy atom. The second kappa shape index (κ2) is 5.93. The van der Waals surface area contributed by atoms with E-state index in [1.807, 2.05) is 11.0 Å². The highest BCUT2D eigenvalue weighted by atomic mass is 35.5. The molecule has 104 valence electrons. The summed E-state index contributed by atoms with van der Waals surface area (Å²) >= 11 is 0. The molecule has 1 aliphatic carbocycles. The fourth-order valence-corrected chi connectivity index (χ4v) is 2.81. The van der Waals surface area contributed by atoms with Gasteiger partial charge >= 0.3 is 0 Å². The van der Waals surface area contributed by atoms with Gasteiger partial charge in [-0.2, -0.15) is 0 Å². The van der Waals surface area contributed by atoms with Crippen LogP contribution in [-0.4, -0.2) is 37.0 Å². The molecule has 1 heterocycles. The Morgan fingerprint density at radius 1 is 1.16 bits per heavy atom. The van der Waals surface area contributed by atoms with Crippen LogP contribution in [0.25, 0.3) is 0 Å². The lowest BCUT2D eigenvalue weighted by Crippen LogP contribution is -2.49. The van der Waals surface area contributed by atoms with Crippen LogP contribution in [0.2, 0.25) is 0 Å². The molecule has 1 aromatic rings. The number of nitrogens with zero attached hydrogens (tertiary/aromatic N) is 1. The Bertz CT molecular complexity index is 425. The topological polar surface area (TPSA) is 32.3 Å². The summed E-state index contributed by atoms with van der Waals surface area (Å²) in [5.74, 6) is 0.382. The van der Waals surface area contributed by atoms with E-state index in [1.54, 1.807) is 0 Å². The number of amides is 1. The van der Waals surface area contributed by atoms with E-state index in [1.165, 1.54) is 5.56 Å². The molecule has 1 N–H and O–H groups in total. The van der Waals surface area contributed by atoms with Crippen LogP contribution in [0, 0.1) is 5.41 Å². The van der Waals surface area contributed by atoms with Crippen LogP contribution < -0.4 is 5.32 Å². The molecule has 3 nitrogen and oxygen atoms in total. The van der Waals surface area contributed by atoms with Crippen molar-refractivity contribution in [2.45, 2.75) is 19.3 Å². The Balaban J connectivity index is 0.00000133. The number of rotatable bonds is 3. The minimum atomic E-state index is -0.0707. The van der Waals surface area contributed by atoms with Crippen LogP contribution in [0.3, 0.4) is 0 Å². The van der Waals surface area contributed by atoms with E-state index in [0.29, 0.717) is 5.91 Å². The maximum absolute atomic E-state index is 12.6. The quantitative estimate of drug-likeness (QED) is 0.917. The van der Waals surface area contributed by atoms with Gasteiger partial charge in [-0.3, -0.25) is 4.79 Å². The summed E-state index contributed by atoms with van der Waals surface area (Å²) in [4.78, 5) is 14.6. The standard InChI is InChI=1S/C15H20N2O.ClH/c18-14(17-10-8-16-9-11-17)15(6-7-15)12-13-4-2-1-3-5-13;/h1-5,16H,6-12H2;1H. The fourth-order valence-electron chi connectivity index (χ4n) is 2.81. The van der Waals surface area contributed by atoms with Crippen molar-refractivity contribution in [3.8, 4) is 0 Å². The van der Waals surface area contributed by atoms with Crippen molar-refractivity contribution < 1.29 is 4.79 Å². The summed E-state index contributed by atoms with van der Waals surface area (Å²) in [6.07, 6.45) is 3.03. The Hall–Kier alpha value is -1.06. The Morgan fingerprint density at radius 3 is 2.37 bits per heavy atom. The van der Waals surface area contributed by atoms with E-state index in [2.05, 4.69) is 29.6 Å². The van der Waals surface area contributed by atoms with E-state index < -0.39 is 0 Å². The van der Waals surface area contributed by atoms with Gasteiger partial charge in [-0.05, 0) is 24.8 Å². The number of benzene rings is 1. The number of piperazine rings is 1. The predicted molar refractivity (Wildman–Crippen MR) is 78.5 cm³/mol. The molecule has 1 aliphatic heterocycles. The van der Waals surface area contributed by atoms with E-state index in [0.717, 1.165) is 45.4 Å². The van der Waals surface area contributed by atoms with Gasteiger partial charge in [0, 0.05) is 26.2 Å². The third kappa shape index (κ3) is 3.10. The fraction of sp³-hybridized carbons (Fsp3) is 0.533. The summed E-state index contributed by atoms with van der Waals surface area (Å²) in [6.45, 7) is 3.62. The molecule has 2 aliphatic rings. The highest BCUT2D eigenvalue weighted by molar-refractivity contribution is 5.86. The minimum absolute atomic E-state index is 0. The molecule has 1 aromatic carbocycles. The van der Waals surface area contributed by atoms with Crippen molar-refractivity contribution in [3.05, 3.63) is 35.9 Å². The average Bonchev–Trinajstić information content (AvgIpc) is 3.21. The van der Waals surface area contributed by atoms with Crippen LogP contribution in [0.15, 0.2) is 30.3 Å². The molecule has 0 radical (unpaired) electrons. The third-order valence-electron chi connectivity index (χ3n) is 4.10. The maximum atomic E-state index is 12.6. The number of carbonyl (C=O) groups is 1. The molecule has 1 saturated carbocycles. The molecule has 4 heteroatoms. The first kappa shape index (κ1) is 14.4. The number of hydrogen-bond donors (Lipinski definition) is 1. The van der Waals surface area contributed by atoms with Crippen LogP contribution in [0.1, 0.15) is 18.4 Å². The van der Waals surface area contributed by atoms with E-state index in [4.69, 9.17) is 0 Å². The molecular formula is C15H21ClN2O. The average molecular weight is 281 g/mol. The maximum Gasteiger partial charge on any atom is 0.229 e. The molecule has 3 rings (SSSR count). The van der Waals surface area contributed by atoms with Crippen molar-refractivity contribution in [3.63, 3.8) is 0 Å². The largest absolute Gasteiger partial charge is 0.340 e. The molecule has 0 unspecified atom stereocenters. The zero-order valence-electron chi connectivity index (χ0n) is 11.1. The molecule has 0 atom stereocenters. The lowest BCUT2D eigenvalue weighted by Gasteiger charge is -2.31. The van der Waals surface area contributed by atoms with Crippen molar-refractivity contribution in [1.29, 1.82) is 0 Å². The van der Waals surface area contributed by atoms with Crippen LogP contribution in [0.5, 0.6) is 0 Å². The Kier molecular flexibility index (Phi) is 4.48. The molecule has 0 bridgehead atoms. The van der Waals surface area contributed by atoms with E-state index in [-0.39, 0.29) is 17.8 Å². The normalized spacial score (nSPS) is 20.5. The first-order valence-corrected chi connectivity index (χ1v) is 6.84. The van der Waals surface area contributed by atoms with Gasteiger partial charge < -0.3 is 10.2 Å². The van der Waals surface area contributed by atoms with E-state index in [9.17, 15) is 4.79 Å². The monoisotopic (exact) mass is 280 g/mol. The Labute approximate surface area is 120 Å². The zero-order chi connectivity index (χ0) is 12.4. The SMILES string of the molecule is Cl.O=C(N1CCNCC1)C1(Cc2ccccc2)CC1. The summed E-state index contributed by atoms with van der Waals surface area (Å²) < 4.78 is 0. The summed E-state index contributed by atoms with van der Waals surface area (Å²) in [7, 11) is 0. The number of carbonyl (C=O) groups excluding carboxylic acids is 1. The second-order valence-electron chi connectivity index (χ2n) is 5.48. The summed E-state index contributed by atoms with van der Waals surface area (Å²) in [6, 6.07) is 10.4. The summed E-state index contributed by atoms with van der Waals surface area (Å²) in [5, 5.41) is 3.30. The van der Waals surface area contributed by atoms with Crippen molar-refractivity contribution in [2.75, 3.05) is 26.2 Å². The van der Waals surface area contributed by atoms with Gasteiger partial charge in [0.2, 0.25) is 5.91 Å². The van der Waals surface area contributed by atoms with Gasteiger partial charge in [0.15, 0.2) is 0 Å². The van der Waals surface area contributed by atoms with Gasteiger partial charge in [-0.25, -0.2) is 0 Å². The first-order chi connectivity index (χ1) is 8.80. The van der Waals surface area contributed by atoms with E-state index >= 15 is 0 Å². The highest BCUT2D eigenvalue weighted by Gasteiger charge is 2.51. The number of nitrogens with one attached hydrogen (secondary N) is 1. The van der Waals surface area contributed by atoms with Crippen LogP contribution in [-0.2, 0) is 11.2 Å². The van der Waals surface area contributed by atoms with Crippen LogP contribution >= 0.6 is 12.4 Å². The third-order valence-corrected chi connectivity index (χ3v) is 4.10. The number of hydrogen-bond acceptors (Lipinski definition) is 2. The molecule has 0 spiro atoms. The lowest BCUT2D eigenvalue weighted by atomic mass is 9.94. The summed E-state index contributed by atoms with van der Waals surface area (Å²) in [5.41, 5.74) is 1.22. The molecule has 1 amide bonds. The number of halogens is 1. The van der Waals surface area contributed by atoms with Gasteiger partial charge in [0.25, 0.3) is 0 Å². The van der Waals surface area contributed by atoms with Crippen molar-refractivity contribution >= 4 is 18.3 Å². The molecule has 0 aromatic heterocycles. The molecule has 2 fully saturated rings. The van der Waals surface area contributed by atoms with Gasteiger partial charge in [-0.1, -0.05) is 30.3 Å². The second-order valence-corrected chi connectivity index (χ2v) is 5.48. The zero-order valence-corrected chi connectivity index (χ0v) is 11.9. The predicted octanol–water partition coefficient (Wildman–Crippen LogP) is 1.86. The van der Waals surface area contributed by atoms with Gasteiger partial charge in [0.1, 0.15) is 0 Å². The minimum Gasteiger partial charge on any atom is -0.340 e. The molecule has 1 saturated heterocycles. The highest BCUT2D eigenvalue weighted by Crippen LogP contribution is 2.49. The molecular weight excluding hydrogens is 260 g/mol. The van der Waals surface area contributed by atoms with Crippen molar-refractivity contribution in [2.24, 2.45) is 5.41 Å². The first-order valence-electron chi connectivity index (χ1n) is 6.84. The lowest BCUT2D eigenvalue weighted by molar-refractivity contribution is -0.137.